The molecule has 0 unspecified atom stereocenters. The molecule has 0 radical (unpaired) electrons. The number of esters is 1. The van der Waals surface area contributed by atoms with Crippen molar-refractivity contribution in [2.45, 2.75) is 95.2 Å². The molecule has 2 aromatic carbocycles. The number of carbonyl (C=O) groups is 2. The maximum atomic E-state index is 14.5. The van der Waals surface area contributed by atoms with E-state index in [-0.39, 0.29) is 29.7 Å². The molecule has 4 aliphatic rings. The van der Waals surface area contributed by atoms with Gasteiger partial charge in [-0.15, -0.1) is 0 Å². The Morgan fingerprint density at radius 1 is 0.977 bits per heavy atom. The number of aromatic nitrogens is 2. The minimum Gasteiger partial charge on any atom is -0.465 e. The van der Waals surface area contributed by atoms with Gasteiger partial charge >= 0.3 is 5.97 Å². The molecule has 8 heteroatoms. The van der Waals surface area contributed by atoms with Gasteiger partial charge in [0.2, 0.25) is 5.91 Å². The third-order valence-corrected chi connectivity index (χ3v) is 11.1. The lowest BCUT2D eigenvalue weighted by molar-refractivity contribution is -0.158. The number of ether oxygens (including phenoxy) is 1. The van der Waals surface area contributed by atoms with Gasteiger partial charge in [-0.3, -0.25) is 14.5 Å². The van der Waals surface area contributed by atoms with Crippen molar-refractivity contribution in [3.63, 3.8) is 0 Å². The van der Waals surface area contributed by atoms with Crippen LogP contribution in [0.4, 0.5) is 4.39 Å². The maximum Gasteiger partial charge on any atom is 0.321 e. The maximum absolute atomic E-state index is 14.5. The Labute approximate surface area is 253 Å². The Bertz CT molecular complexity index is 1510. The highest BCUT2D eigenvalue weighted by Crippen LogP contribution is 2.50. The molecule has 1 saturated carbocycles. The molecular weight excluding hydrogens is 543 g/mol. The van der Waals surface area contributed by atoms with Gasteiger partial charge in [-0.2, -0.15) is 0 Å². The second kappa shape index (κ2) is 11.0. The average Bonchev–Trinajstić information content (AvgIpc) is 3.70. The minimum atomic E-state index is -0.975. The summed E-state index contributed by atoms with van der Waals surface area (Å²) in [7, 11) is 0. The first-order valence-electron chi connectivity index (χ1n) is 16.3. The Balaban J connectivity index is 1.06. The molecule has 3 atom stereocenters. The Hall–Kier alpha value is -3.26. The monoisotopic (exact) mass is 586 g/mol. The number of fused-ring (bicyclic) bond motifs is 3. The zero-order chi connectivity index (χ0) is 29.8. The lowest BCUT2D eigenvalue weighted by atomic mass is 9.70. The highest BCUT2D eigenvalue weighted by molar-refractivity contribution is 6.05. The normalized spacial score (nSPS) is 26.0. The molecule has 4 heterocycles. The zero-order valence-corrected chi connectivity index (χ0v) is 25.4. The Morgan fingerprint density at radius 3 is 2.37 bits per heavy atom. The molecule has 7 rings (SSSR count). The van der Waals surface area contributed by atoms with Gasteiger partial charge in [-0.05, 0) is 113 Å². The zero-order valence-electron chi connectivity index (χ0n) is 25.4. The van der Waals surface area contributed by atoms with Crippen LogP contribution in [0.1, 0.15) is 82.1 Å². The average molecular weight is 587 g/mol. The van der Waals surface area contributed by atoms with Crippen LogP contribution < -0.4 is 0 Å². The van der Waals surface area contributed by atoms with E-state index in [4.69, 9.17) is 9.72 Å². The van der Waals surface area contributed by atoms with Crippen LogP contribution in [0.2, 0.25) is 0 Å². The number of carbonyl (C=O) groups excluding carboxylic acids is 2. The van der Waals surface area contributed by atoms with E-state index in [2.05, 4.69) is 46.7 Å². The summed E-state index contributed by atoms with van der Waals surface area (Å²) in [4.78, 5) is 35.5. The largest absolute Gasteiger partial charge is 0.465 e. The summed E-state index contributed by atoms with van der Waals surface area (Å²) in [5.74, 6) is 0.431. The van der Waals surface area contributed by atoms with E-state index in [0.29, 0.717) is 44.1 Å². The molecule has 0 N–H and O–H groups in total. The molecule has 1 aliphatic carbocycles. The van der Waals surface area contributed by atoms with Crippen molar-refractivity contribution in [2.24, 2.45) is 5.41 Å². The quantitative estimate of drug-likeness (QED) is 0.241. The SMILES string of the molecule is CCOC(=O)C1(C(=O)N2CCC(CCN3[C@@H]4CC[C@H]3C[C@@H](n3c(C)nc5ccccc53)C4)(c3cccc(F)c3)CC2)CC1. The molecule has 7 nitrogen and oxygen atoms in total. The van der Waals surface area contributed by atoms with Gasteiger partial charge in [-0.25, -0.2) is 9.37 Å². The van der Waals surface area contributed by atoms with Crippen LogP contribution in [0.25, 0.3) is 11.0 Å². The first kappa shape index (κ1) is 28.5. The van der Waals surface area contributed by atoms with Crippen LogP contribution in [-0.4, -0.2) is 69.6 Å². The number of likely N-dealkylation sites (tertiary alicyclic amines) is 1. The smallest absolute Gasteiger partial charge is 0.321 e. The third kappa shape index (κ3) is 4.95. The summed E-state index contributed by atoms with van der Waals surface area (Å²) in [5, 5.41) is 0. The predicted octanol–water partition coefficient (Wildman–Crippen LogP) is 5.95. The van der Waals surface area contributed by atoms with Crippen LogP contribution in [0.15, 0.2) is 48.5 Å². The van der Waals surface area contributed by atoms with Gasteiger partial charge < -0.3 is 14.2 Å². The number of hydrogen-bond donors (Lipinski definition) is 0. The molecule has 3 saturated heterocycles. The summed E-state index contributed by atoms with van der Waals surface area (Å²) in [6.45, 7) is 6.34. The number of halogens is 1. The summed E-state index contributed by atoms with van der Waals surface area (Å²) in [6.07, 6.45) is 8.32. The fourth-order valence-corrected chi connectivity index (χ4v) is 8.63. The van der Waals surface area contributed by atoms with E-state index >= 15 is 0 Å². The van der Waals surface area contributed by atoms with Crippen LogP contribution in [0.3, 0.4) is 0 Å². The van der Waals surface area contributed by atoms with Crippen LogP contribution in [0, 0.1) is 18.2 Å². The van der Waals surface area contributed by atoms with Crippen LogP contribution >= 0.6 is 0 Å². The lowest BCUT2D eigenvalue weighted by Crippen LogP contribution is -2.51. The summed E-state index contributed by atoms with van der Waals surface area (Å²) in [6, 6.07) is 17.1. The molecule has 3 aromatic rings. The van der Waals surface area contributed by atoms with E-state index in [9.17, 15) is 14.0 Å². The van der Waals surface area contributed by atoms with Crippen molar-refractivity contribution in [2.75, 3.05) is 26.2 Å². The lowest BCUT2D eigenvalue weighted by Gasteiger charge is -2.46. The number of rotatable bonds is 8. The van der Waals surface area contributed by atoms with Gasteiger partial charge in [0.1, 0.15) is 17.1 Å². The molecule has 43 heavy (non-hydrogen) atoms. The fourth-order valence-electron chi connectivity index (χ4n) is 8.63. The Kier molecular flexibility index (Phi) is 7.31. The number of nitrogens with zero attached hydrogens (tertiary/aromatic N) is 4. The predicted molar refractivity (Wildman–Crippen MR) is 163 cm³/mol. The molecule has 3 aliphatic heterocycles. The van der Waals surface area contributed by atoms with Gasteiger partial charge in [0.15, 0.2) is 0 Å². The molecule has 228 valence electrons. The van der Waals surface area contributed by atoms with Crippen molar-refractivity contribution in [3.05, 3.63) is 65.7 Å². The number of piperidine rings is 2. The van der Waals surface area contributed by atoms with Crippen molar-refractivity contribution < 1.29 is 18.7 Å². The molecule has 4 fully saturated rings. The first-order valence-corrected chi connectivity index (χ1v) is 16.3. The van der Waals surface area contributed by atoms with Crippen molar-refractivity contribution in [1.82, 2.24) is 19.4 Å². The van der Waals surface area contributed by atoms with E-state index < -0.39 is 5.41 Å². The number of amides is 1. The van der Waals surface area contributed by atoms with Gasteiger partial charge in [0, 0.05) is 31.2 Å². The van der Waals surface area contributed by atoms with E-state index in [1.165, 1.54) is 24.4 Å². The number of benzene rings is 2. The molecule has 0 spiro atoms. The number of aryl methyl sites for hydroxylation is 1. The minimum absolute atomic E-state index is 0.0822. The number of para-hydroxylation sites is 2. The van der Waals surface area contributed by atoms with Gasteiger partial charge in [0.05, 0.1) is 17.6 Å². The van der Waals surface area contributed by atoms with E-state index in [0.717, 1.165) is 55.6 Å². The third-order valence-electron chi connectivity index (χ3n) is 11.1. The first-order chi connectivity index (χ1) is 20.8. The summed E-state index contributed by atoms with van der Waals surface area (Å²) < 4.78 is 22.3. The van der Waals surface area contributed by atoms with E-state index in [1.54, 1.807) is 13.0 Å². The number of imidazole rings is 1. The van der Waals surface area contributed by atoms with Crippen molar-refractivity contribution in [1.29, 1.82) is 0 Å². The van der Waals surface area contributed by atoms with Gasteiger partial charge in [-0.1, -0.05) is 24.3 Å². The second-order valence-electron chi connectivity index (χ2n) is 13.4. The van der Waals surface area contributed by atoms with E-state index in [1.807, 2.05) is 11.0 Å². The van der Waals surface area contributed by atoms with Crippen molar-refractivity contribution in [3.8, 4) is 0 Å². The highest BCUT2D eigenvalue weighted by atomic mass is 19.1. The molecular formula is C35H43FN4O3. The van der Waals surface area contributed by atoms with Gasteiger partial charge in [0.25, 0.3) is 0 Å². The standard InChI is InChI=1S/C35H43FN4O3/c1-3-43-33(42)35(13-14-35)32(41)38-18-15-34(16-19-38,25-7-6-8-26(36)21-25)17-20-39-27-11-12-28(39)23-29(22-27)40-24(2)37-30-9-4-5-10-31(30)40/h4-10,21,27-29H,3,11-20,22-23H2,1-2H3/t27-,28+,29+. The Morgan fingerprint density at radius 2 is 1.70 bits per heavy atom. The second-order valence-corrected chi connectivity index (χ2v) is 13.4. The molecule has 2 bridgehead atoms. The topological polar surface area (TPSA) is 67.7 Å². The molecule has 1 aromatic heterocycles. The van der Waals surface area contributed by atoms with Crippen LogP contribution in [-0.2, 0) is 19.7 Å². The van der Waals surface area contributed by atoms with Crippen LogP contribution in [0.5, 0.6) is 0 Å². The summed E-state index contributed by atoms with van der Waals surface area (Å²) in [5.41, 5.74) is 2.17. The molecule has 1 amide bonds. The van der Waals surface area contributed by atoms with Crippen molar-refractivity contribution >= 4 is 22.9 Å². The number of hydrogen-bond acceptors (Lipinski definition) is 5. The highest BCUT2D eigenvalue weighted by Gasteiger charge is 2.60. The fraction of sp³-hybridized carbons (Fsp3) is 0.571. The summed E-state index contributed by atoms with van der Waals surface area (Å²) >= 11 is 0.